The van der Waals surface area contributed by atoms with Crippen molar-refractivity contribution >= 4 is 10.9 Å². The highest BCUT2D eigenvalue weighted by Gasteiger charge is 2.32. The first kappa shape index (κ1) is 23.2. The van der Waals surface area contributed by atoms with Gasteiger partial charge in [0, 0.05) is 17.6 Å². The molecule has 182 valence electrons. The van der Waals surface area contributed by atoms with Crippen LogP contribution < -0.4 is 10.3 Å². The zero-order chi connectivity index (χ0) is 24.4. The number of methoxy groups -OCH3 is 1. The number of likely N-dealkylation sites (tertiary alicyclic amines) is 1. The van der Waals surface area contributed by atoms with E-state index in [2.05, 4.69) is 51.4 Å². The lowest BCUT2D eigenvalue weighted by Gasteiger charge is -2.36. The maximum absolute atomic E-state index is 13.4. The summed E-state index contributed by atoms with van der Waals surface area (Å²) in [5, 5.41) is 13.8. The Bertz CT molecular complexity index is 1360. The van der Waals surface area contributed by atoms with Crippen LogP contribution in [0, 0.1) is 5.92 Å². The van der Waals surface area contributed by atoms with Gasteiger partial charge in [-0.3, -0.25) is 9.69 Å². The molecule has 1 saturated heterocycles. The highest BCUT2D eigenvalue weighted by atomic mass is 16.5. The van der Waals surface area contributed by atoms with Gasteiger partial charge in [0.1, 0.15) is 11.8 Å². The molecular formula is C27H32N6O2. The Hall–Kier alpha value is -3.52. The summed E-state index contributed by atoms with van der Waals surface area (Å²) in [6.45, 7) is 6.71. The lowest BCUT2D eigenvalue weighted by Crippen LogP contribution is -2.41. The molecule has 35 heavy (non-hydrogen) atoms. The van der Waals surface area contributed by atoms with Crippen molar-refractivity contribution < 1.29 is 4.74 Å². The number of nitrogens with zero attached hydrogens (tertiary/aromatic N) is 5. The van der Waals surface area contributed by atoms with Crippen LogP contribution in [0.15, 0.2) is 53.3 Å². The third kappa shape index (κ3) is 4.84. The summed E-state index contributed by atoms with van der Waals surface area (Å²) in [6, 6.07) is 15.8. The largest absolute Gasteiger partial charge is 0.497 e. The summed E-state index contributed by atoms with van der Waals surface area (Å²) >= 11 is 0. The highest BCUT2D eigenvalue weighted by Crippen LogP contribution is 2.31. The number of hydrogen-bond donors (Lipinski definition) is 1. The van der Waals surface area contributed by atoms with Gasteiger partial charge in [0.25, 0.3) is 5.56 Å². The van der Waals surface area contributed by atoms with Crippen LogP contribution in [-0.4, -0.2) is 50.3 Å². The third-order valence-corrected chi connectivity index (χ3v) is 6.99. The topological polar surface area (TPSA) is 88.9 Å². The average molecular weight is 473 g/mol. The van der Waals surface area contributed by atoms with Crippen LogP contribution in [0.1, 0.15) is 55.2 Å². The molecular weight excluding hydrogens is 440 g/mol. The van der Waals surface area contributed by atoms with E-state index >= 15 is 0 Å². The maximum Gasteiger partial charge on any atom is 0.253 e. The molecule has 0 bridgehead atoms. The number of ether oxygens (including phenoxy) is 1. The minimum atomic E-state index is -0.329. The number of tetrazole rings is 1. The number of hydrogen-bond acceptors (Lipinski definition) is 6. The number of aryl methyl sites for hydroxylation is 1. The first-order chi connectivity index (χ1) is 17.1. The number of H-pyrrole nitrogens is 1. The number of fused-ring (bicyclic) bond motifs is 1. The van der Waals surface area contributed by atoms with Gasteiger partial charge in [0.15, 0.2) is 5.82 Å². The van der Waals surface area contributed by atoms with Crippen LogP contribution in [0.25, 0.3) is 10.9 Å². The number of pyridine rings is 1. The summed E-state index contributed by atoms with van der Waals surface area (Å²) in [6.07, 6.45) is 3.22. The SMILES string of the molecule is CCc1ccc2[nH]c(=O)c([C@@H](c3nnnn3Cc3ccc(OC)cc3)N3CCC[C@@H](C)C3)cc2c1. The predicted molar refractivity (Wildman–Crippen MR) is 136 cm³/mol. The molecule has 0 radical (unpaired) electrons. The van der Waals surface area contributed by atoms with Crippen molar-refractivity contribution in [2.24, 2.45) is 5.92 Å². The maximum atomic E-state index is 13.4. The van der Waals surface area contributed by atoms with Crippen molar-refractivity contribution in [3.05, 3.63) is 81.4 Å². The molecule has 2 aromatic heterocycles. The second kappa shape index (κ2) is 10.00. The van der Waals surface area contributed by atoms with Crippen LogP contribution in [0.2, 0.25) is 0 Å². The van der Waals surface area contributed by atoms with Gasteiger partial charge in [-0.05, 0) is 89.0 Å². The van der Waals surface area contributed by atoms with E-state index in [0.29, 0.717) is 23.9 Å². The smallest absolute Gasteiger partial charge is 0.253 e. The first-order valence-corrected chi connectivity index (χ1v) is 12.3. The van der Waals surface area contributed by atoms with Gasteiger partial charge in [0.05, 0.1) is 13.7 Å². The van der Waals surface area contributed by atoms with E-state index < -0.39 is 0 Å². The molecule has 2 atom stereocenters. The highest BCUT2D eigenvalue weighted by molar-refractivity contribution is 5.80. The Morgan fingerprint density at radius 3 is 2.69 bits per heavy atom. The minimum Gasteiger partial charge on any atom is -0.497 e. The molecule has 0 unspecified atom stereocenters. The average Bonchev–Trinajstić information content (AvgIpc) is 3.32. The number of rotatable bonds is 7. The molecule has 1 fully saturated rings. The molecule has 3 heterocycles. The second-order valence-corrected chi connectivity index (χ2v) is 9.52. The first-order valence-electron chi connectivity index (χ1n) is 12.3. The Morgan fingerprint density at radius 2 is 1.94 bits per heavy atom. The van der Waals surface area contributed by atoms with Crippen molar-refractivity contribution in [3.63, 3.8) is 0 Å². The lowest BCUT2D eigenvalue weighted by molar-refractivity contribution is 0.141. The summed E-state index contributed by atoms with van der Waals surface area (Å²) in [4.78, 5) is 18.9. The van der Waals surface area contributed by atoms with Gasteiger partial charge in [-0.2, -0.15) is 0 Å². The number of nitrogens with one attached hydrogen (secondary N) is 1. The normalized spacial score (nSPS) is 17.5. The molecule has 1 aliphatic rings. The number of aromatic nitrogens is 5. The van der Waals surface area contributed by atoms with Gasteiger partial charge < -0.3 is 9.72 Å². The number of benzene rings is 2. The Balaban J connectivity index is 1.59. The van der Waals surface area contributed by atoms with E-state index in [9.17, 15) is 4.79 Å². The fraction of sp³-hybridized carbons (Fsp3) is 0.407. The van der Waals surface area contributed by atoms with Gasteiger partial charge in [-0.25, -0.2) is 4.68 Å². The number of aromatic amines is 1. The quantitative estimate of drug-likeness (QED) is 0.438. The Labute approximate surface area is 204 Å². The molecule has 0 aliphatic carbocycles. The third-order valence-electron chi connectivity index (χ3n) is 6.99. The van der Waals surface area contributed by atoms with Crippen molar-refractivity contribution in [2.75, 3.05) is 20.2 Å². The van der Waals surface area contributed by atoms with E-state index in [1.54, 1.807) is 7.11 Å². The van der Waals surface area contributed by atoms with Gasteiger partial charge in [-0.1, -0.05) is 32.0 Å². The van der Waals surface area contributed by atoms with Crippen LogP contribution in [-0.2, 0) is 13.0 Å². The molecule has 0 amide bonds. The molecule has 2 aromatic carbocycles. The van der Waals surface area contributed by atoms with Crippen molar-refractivity contribution in [1.82, 2.24) is 30.1 Å². The van der Waals surface area contributed by atoms with Crippen molar-refractivity contribution in [3.8, 4) is 5.75 Å². The molecule has 4 aromatic rings. The molecule has 1 aliphatic heterocycles. The minimum absolute atomic E-state index is 0.0935. The van der Waals surface area contributed by atoms with E-state index in [-0.39, 0.29) is 11.6 Å². The van der Waals surface area contributed by atoms with E-state index in [0.717, 1.165) is 48.1 Å². The molecule has 8 heteroatoms. The summed E-state index contributed by atoms with van der Waals surface area (Å²) < 4.78 is 7.10. The van der Waals surface area contributed by atoms with Crippen LogP contribution in [0.3, 0.4) is 0 Å². The van der Waals surface area contributed by atoms with Gasteiger partial charge >= 0.3 is 0 Å². The van der Waals surface area contributed by atoms with Crippen molar-refractivity contribution in [2.45, 2.75) is 45.7 Å². The van der Waals surface area contributed by atoms with Crippen molar-refractivity contribution in [1.29, 1.82) is 0 Å². The predicted octanol–water partition coefficient (Wildman–Crippen LogP) is 3.96. The Kier molecular flexibility index (Phi) is 6.63. The summed E-state index contributed by atoms with van der Waals surface area (Å²) in [7, 11) is 1.66. The van der Waals surface area contributed by atoms with Gasteiger partial charge in [0.2, 0.25) is 0 Å². The molecule has 5 rings (SSSR count). The zero-order valence-electron chi connectivity index (χ0n) is 20.6. The summed E-state index contributed by atoms with van der Waals surface area (Å²) in [5.41, 5.74) is 3.74. The van der Waals surface area contributed by atoms with E-state index in [1.165, 1.54) is 12.0 Å². The summed E-state index contributed by atoms with van der Waals surface area (Å²) in [5.74, 6) is 2.04. The lowest BCUT2D eigenvalue weighted by atomic mass is 9.95. The van der Waals surface area contributed by atoms with E-state index in [1.807, 2.05) is 41.1 Å². The van der Waals surface area contributed by atoms with Crippen LogP contribution >= 0.6 is 0 Å². The molecule has 0 saturated carbocycles. The van der Waals surface area contributed by atoms with Crippen LogP contribution in [0.4, 0.5) is 0 Å². The standard InChI is InChI=1S/C27H32N6O2/c1-4-19-9-12-24-21(14-19)15-23(27(34)28-24)25(32-13-5-6-18(2)16-32)26-29-30-31-33(26)17-20-7-10-22(35-3)11-8-20/h7-12,14-15,18,25H,4-6,13,16-17H2,1-3H3,(H,28,34)/t18-,25+/m1/s1. The van der Waals surface area contributed by atoms with E-state index in [4.69, 9.17) is 4.74 Å². The molecule has 0 spiro atoms. The Morgan fingerprint density at radius 1 is 1.14 bits per heavy atom. The van der Waals surface area contributed by atoms with Gasteiger partial charge in [-0.15, -0.1) is 5.10 Å². The molecule has 1 N–H and O–H groups in total. The fourth-order valence-electron chi connectivity index (χ4n) is 5.08. The fourth-order valence-corrected chi connectivity index (χ4v) is 5.08. The molecule has 8 nitrogen and oxygen atoms in total. The van der Waals surface area contributed by atoms with Crippen LogP contribution in [0.5, 0.6) is 5.75 Å². The second-order valence-electron chi connectivity index (χ2n) is 9.52. The monoisotopic (exact) mass is 472 g/mol. The number of piperidine rings is 1. The zero-order valence-corrected chi connectivity index (χ0v) is 20.6.